The maximum Gasteiger partial charge on any atom is 0.249 e. The number of nitrogens with zero attached hydrogens (tertiary/aromatic N) is 1. The number of hydrogen-bond acceptors (Lipinski definition) is 4. The van der Waals surface area contributed by atoms with Gasteiger partial charge in [-0.1, -0.05) is 37.6 Å². The lowest BCUT2D eigenvalue weighted by Gasteiger charge is -2.23. The van der Waals surface area contributed by atoms with Crippen molar-refractivity contribution < 1.29 is 14.4 Å². The molecule has 2 unspecified atom stereocenters. The van der Waals surface area contributed by atoms with E-state index in [-0.39, 0.29) is 18.4 Å². The molecule has 3 amide bonds. The van der Waals surface area contributed by atoms with Gasteiger partial charge in [-0.05, 0) is 31.7 Å². The Hall–Kier alpha value is -2.83. The standard InChI is InChI=1S/C20H28N4O3/c1-4-13(3)18(20(22)27)14-7-5-6-8-15(14)23-10-17(25)24-11-12(2)9-16(24)19(21)26/h5-8,12,16,23H,4,9-11H2,1-3H3,(H2,21,26)(H2,22,27). The zero-order valence-electron chi connectivity index (χ0n) is 16.1. The molecule has 1 heterocycles. The first-order valence-corrected chi connectivity index (χ1v) is 9.17. The highest BCUT2D eigenvalue weighted by molar-refractivity contribution is 6.21. The van der Waals surface area contributed by atoms with E-state index in [1.54, 1.807) is 12.1 Å². The van der Waals surface area contributed by atoms with E-state index < -0.39 is 17.9 Å². The minimum Gasteiger partial charge on any atom is -0.376 e. The second-order valence-corrected chi connectivity index (χ2v) is 7.08. The van der Waals surface area contributed by atoms with Crippen molar-refractivity contribution in [2.75, 3.05) is 18.4 Å². The Morgan fingerprint density at radius 3 is 2.48 bits per heavy atom. The Kier molecular flexibility index (Phi) is 6.60. The highest BCUT2D eigenvalue weighted by Gasteiger charge is 2.36. The molecule has 1 aliphatic heterocycles. The number of carbonyl (C=O) groups excluding carboxylic acids is 3. The summed E-state index contributed by atoms with van der Waals surface area (Å²) in [4.78, 5) is 37.7. The SMILES string of the molecule is CCC(C)=C(C(N)=O)c1ccccc1NCC(=O)N1CC(C)CC1C(N)=O. The van der Waals surface area contributed by atoms with Crippen LogP contribution < -0.4 is 16.8 Å². The molecule has 0 radical (unpaired) electrons. The van der Waals surface area contributed by atoms with Crippen LogP contribution in [0, 0.1) is 5.92 Å². The molecule has 0 saturated carbocycles. The number of benzene rings is 1. The van der Waals surface area contributed by atoms with Gasteiger partial charge < -0.3 is 21.7 Å². The third-order valence-corrected chi connectivity index (χ3v) is 4.99. The van der Waals surface area contributed by atoms with Crippen molar-refractivity contribution in [1.82, 2.24) is 4.90 Å². The fourth-order valence-electron chi connectivity index (χ4n) is 3.47. The Bertz CT molecular complexity index is 772. The number of rotatable bonds is 7. The molecule has 7 nitrogen and oxygen atoms in total. The molecule has 2 rings (SSSR count). The number of nitrogens with one attached hydrogen (secondary N) is 1. The summed E-state index contributed by atoms with van der Waals surface area (Å²) >= 11 is 0. The summed E-state index contributed by atoms with van der Waals surface area (Å²) in [7, 11) is 0. The number of carbonyl (C=O) groups is 3. The van der Waals surface area contributed by atoms with Gasteiger partial charge >= 0.3 is 0 Å². The van der Waals surface area contributed by atoms with Crippen LogP contribution in [0.1, 0.15) is 39.2 Å². The van der Waals surface area contributed by atoms with E-state index in [1.807, 2.05) is 32.9 Å². The first-order chi connectivity index (χ1) is 12.8. The van der Waals surface area contributed by atoms with Crippen molar-refractivity contribution >= 4 is 29.0 Å². The molecule has 7 heteroatoms. The molecule has 146 valence electrons. The minimum absolute atomic E-state index is 0.00469. The van der Waals surface area contributed by atoms with Crippen molar-refractivity contribution in [3.05, 3.63) is 35.4 Å². The van der Waals surface area contributed by atoms with E-state index >= 15 is 0 Å². The molecule has 1 aromatic carbocycles. The average molecular weight is 372 g/mol. The molecule has 0 bridgehead atoms. The van der Waals surface area contributed by atoms with E-state index in [4.69, 9.17) is 11.5 Å². The second-order valence-electron chi connectivity index (χ2n) is 7.08. The van der Waals surface area contributed by atoms with Crippen molar-refractivity contribution in [3.8, 4) is 0 Å². The van der Waals surface area contributed by atoms with E-state index in [0.717, 1.165) is 5.57 Å². The summed E-state index contributed by atoms with van der Waals surface area (Å²) in [5, 5.41) is 3.09. The van der Waals surface area contributed by atoms with Crippen LogP contribution in [-0.4, -0.2) is 41.8 Å². The van der Waals surface area contributed by atoms with Crippen LogP contribution >= 0.6 is 0 Å². The predicted molar refractivity (Wildman–Crippen MR) is 105 cm³/mol. The van der Waals surface area contributed by atoms with Gasteiger partial charge in [0.2, 0.25) is 17.7 Å². The largest absolute Gasteiger partial charge is 0.376 e. The number of amides is 3. The van der Waals surface area contributed by atoms with Crippen LogP contribution in [-0.2, 0) is 14.4 Å². The molecule has 2 atom stereocenters. The van der Waals surface area contributed by atoms with Gasteiger partial charge in [0.15, 0.2) is 0 Å². The average Bonchev–Trinajstić information content (AvgIpc) is 3.02. The monoisotopic (exact) mass is 372 g/mol. The van der Waals surface area contributed by atoms with Crippen molar-refractivity contribution in [2.24, 2.45) is 17.4 Å². The van der Waals surface area contributed by atoms with Gasteiger partial charge in [0.1, 0.15) is 6.04 Å². The second kappa shape index (κ2) is 8.70. The molecule has 1 saturated heterocycles. The Morgan fingerprint density at radius 2 is 1.89 bits per heavy atom. The molecule has 27 heavy (non-hydrogen) atoms. The fourth-order valence-corrected chi connectivity index (χ4v) is 3.47. The number of likely N-dealkylation sites (tertiary alicyclic amines) is 1. The van der Waals surface area contributed by atoms with Gasteiger partial charge in [0.05, 0.1) is 6.54 Å². The molecule has 0 aliphatic carbocycles. The number of allylic oxidation sites excluding steroid dienone is 1. The van der Waals surface area contributed by atoms with Crippen LogP contribution in [0.15, 0.2) is 29.8 Å². The molecule has 0 aromatic heterocycles. The zero-order chi connectivity index (χ0) is 20.1. The number of anilines is 1. The van der Waals surface area contributed by atoms with E-state index in [1.165, 1.54) is 4.90 Å². The Morgan fingerprint density at radius 1 is 1.22 bits per heavy atom. The Labute approximate surface area is 159 Å². The van der Waals surface area contributed by atoms with E-state index in [0.29, 0.717) is 36.2 Å². The summed E-state index contributed by atoms with van der Waals surface area (Å²) < 4.78 is 0. The van der Waals surface area contributed by atoms with E-state index in [2.05, 4.69) is 5.32 Å². The van der Waals surface area contributed by atoms with Crippen molar-refractivity contribution in [2.45, 2.75) is 39.7 Å². The molecule has 5 N–H and O–H groups in total. The van der Waals surface area contributed by atoms with Gasteiger partial charge in [0, 0.05) is 23.4 Å². The zero-order valence-corrected chi connectivity index (χ0v) is 16.1. The lowest BCUT2D eigenvalue weighted by molar-refractivity contribution is -0.135. The molecular weight excluding hydrogens is 344 g/mol. The van der Waals surface area contributed by atoms with Crippen molar-refractivity contribution in [1.29, 1.82) is 0 Å². The molecule has 0 spiro atoms. The predicted octanol–water partition coefficient (Wildman–Crippen LogP) is 1.49. The van der Waals surface area contributed by atoms with Gasteiger partial charge in [-0.2, -0.15) is 0 Å². The van der Waals surface area contributed by atoms with Crippen LogP contribution in [0.5, 0.6) is 0 Å². The number of hydrogen-bond donors (Lipinski definition) is 3. The van der Waals surface area contributed by atoms with Crippen LogP contribution in [0.4, 0.5) is 5.69 Å². The third-order valence-electron chi connectivity index (χ3n) is 4.99. The van der Waals surface area contributed by atoms with Crippen LogP contribution in [0.3, 0.4) is 0 Å². The Balaban J connectivity index is 2.21. The lowest BCUT2D eigenvalue weighted by atomic mass is 9.97. The normalized spacial score (nSPS) is 20.2. The molecule has 1 fully saturated rings. The van der Waals surface area contributed by atoms with Gasteiger partial charge in [-0.15, -0.1) is 0 Å². The fraction of sp³-hybridized carbons (Fsp3) is 0.450. The summed E-state index contributed by atoms with van der Waals surface area (Å²) in [5.74, 6) is -0.951. The van der Waals surface area contributed by atoms with Gasteiger partial charge in [0.25, 0.3) is 0 Å². The molecule has 1 aliphatic rings. The number of primary amides is 2. The van der Waals surface area contributed by atoms with Gasteiger partial charge in [-0.25, -0.2) is 0 Å². The first-order valence-electron chi connectivity index (χ1n) is 9.17. The maximum atomic E-state index is 12.6. The smallest absolute Gasteiger partial charge is 0.249 e. The highest BCUT2D eigenvalue weighted by Crippen LogP contribution is 2.28. The number of para-hydroxylation sites is 1. The summed E-state index contributed by atoms with van der Waals surface area (Å²) in [6.45, 7) is 6.33. The maximum absolute atomic E-state index is 12.6. The van der Waals surface area contributed by atoms with Gasteiger partial charge in [-0.3, -0.25) is 14.4 Å². The highest BCUT2D eigenvalue weighted by atomic mass is 16.2. The van der Waals surface area contributed by atoms with E-state index in [9.17, 15) is 14.4 Å². The summed E-state index contributed by atoms with van der Waals surface area (Å²) in [6, 6.07) is 6.68. The summed E-state index contributed by atoms with van der Waals surface area (Å²) in [6.07, 6.45) is 1.28. The van der Waals surface area contributed by atoms with Crippen molar-refractivity contribution in [3.63, 3.8) is 0 Å². The van der Waals surface area contributed by atoms with Crippen LogP contribution in [0.2, 0.25) is 0 Å². The van der Waals surface area contributed by atoms with Crippen LogP contribution in [0.25, 0.3) is 5.57 Å². The quantitative estimate of drug-likeness (QED) is 0.628. The minimum atomic E-state index is -0.562. The first kappa shape index (κ1) is 20.5. The molecule has 1 aromatic rings. The number of nitrogens with two attached hydrogens (primary N) is 2. The topological polar surface area (TPSA) is 119 Å². The summed E-state index contributed by atoms with van der Waals surface area (Å²) in [5.41, 5.74) is 13.7. The third kappa shape index (κ3) is 4.67. The molecular formula is C20H28N4O3. The lowest BCUT2D eigenvalue weighted by Crippen LogP contribution is -2.45.